The van der Waals surface area contributed by atoms with Crippen LogP contribution in [0.5, 0.6) is 0 Å². The molecule has 1 aliphatic heterocycles. The molecule has 124 valence electrons. The van der Waals surface area contributed by atoms with Crippen LogP contribution in [0.3, 0.4) is 0 Å². The Kier molecular flexibility index (Phi) is 4.45. The van der Waals surface area contributed by atoms with E-state index >= 15 is 0 Å². The predicted molar refractivity (Wildman–Crippen MR) is 94.9 cm³/mol. The summed E-state index contributed by atoms with van der Waals surface area (Å²) in [5.41, 5.74) is 2.44. The van der Waals surface area contributed by atoms with E-state index in [4.69, 9.17) is 4.99 Å². The summed E-state index contributed by atoms with van der Waals surface area (Å²) >= 11 is 0. The van der Waals surface area contributed by atoms with E-state index in [1.54, 1.807) is 6.07 Å². The van der Waals surface area contributed by atoms with E-state index < -0.39 is 15.4 Å². The predicted octanol–water partition coefficient (Wildman–Crippen LogP) is 4.32. The zero-order chi connectivity index (χ0) is 16.5. The highest BCUT2D eigenvalue weighted by atomic mass is 32.2. The van der Waals surface area contributed by atoms with E-state index in [0.29, 0.717) is 4.90 Å². The number of fused-ring (bicyclic) bond motifs is 1. The molecule has 0 atom stereocenters. The Labute approximate surface area is 139 Å². The molecule has 0 fully saturated rings. The number of allylic oxidation sites excluding steroid dienone is 2. The highest BCUT2D eigenvalue weighted by Gasteiger charge is 2.38. The zero-order valence-corrected chi connectivity index (χ0v) is 14.8. The van der Waals surface area contributed by atoms with Crippen molar-refractivity contribution in [1.29, 1.82) is 0 Å². The first-order chi connectivity index (χ1) is 11.0. The number of hydrogen-bond donors (Lipinski definition) is 0. The third-order valence-corrected chi connectivity index (χ3v) is 7.14. The maximum atomic E-state index is 13.0. The second-order valence-corrected chi connectivity index (χ2v) is 8.58. The van der Waals surface area contributed by atoms with Gasteiger partial charge in [0.2, 0.25) is 0 Å². The van der Waals surface area contributed by atoms with Crippen LogP contribution in [0.15, 0.2) is 45.8 Å². The fourth-order valence-electron chi connectivity index (χ4n) is 3.60. The van der Waals surface area contributed by atoms with Crippen molar-refractivity contribution < 1.29 is 8.42 Å². The Morgan fingerprint density at radius 3 is 2.52 bits per heavy atom. The lowest BCUT2D eigenvalue weighted by molar-refractivity contribution is 0.439. The van der Waals surface area contributed by atoms with Gasteiger partial charge in [-0.3, -0.25) is 4.99 Å². The summed E-state index contributed by atoms with van der Waals surface area (Å²) in [6.07, 6.45) is 8.17. The smallest absolute Gasteiger partial charge is 0.181 e. The molecular weight excluding hydrogens is 306 g/mol. The van der Waals surface area contributed by atoms with Gasteiger partial charge in [0.25, 0.3) is 0 Å². The average molecular weight is 331 g/mol. The lowest BCUT2D eigenvalue weighted by Gasteiger charge is -2.27. The summed E-state index contributed by atoms with van der Waals surface area (Å²) in [4.78, 5) is 5.53. The molecule has 0 aromatic heterocycles. The SMILES string of the molecule is CCC1(CC)CS(=O)(=O)c2ccccc2C(C2=CCCCC2)=N1. The Morgan fingerprint density at radius 1 is 1.13 bits per heavy atom. The van der Waals surface area contributed by atoms with Gasteiger partial charge in [0.1, 0.15) is 0 Å². The fourth-order valence-corrected chi connectivity index (χ4v) is 5.73. The summed E-state index contributed by atoms with van der Waals surface area (Å²) in [5.74, 6) is 0.112. The van der Waals surface area contributed by atoms with Crippen LogP contribution in [0, 0.1) is 0 Å². The molecule has 0 saturated heterocycles. The Bertz CT molecular complexity index is 755. The topological polar surface area (TPSA) is 46.5 Å². The van der Waals surface area contributed by atoms with Crippen molar-refractivity contribution in [2.75, 3.05) is 5.75 Å². The Morgan fingerprint density at radius 2 is 1.87 bits per heavy atom. The summed E-state index contributed by atoms with van der Waals surface area (Å²) in [6, 6.07) is 7.39. The van der Waals surface area contributed by atoms with E-state index in [1.807, 2.05) is 32.0 Å². The molecule has 0 radical (unpaired) electrons. The van der Waals surface area contributed by atoms with Crippen LogP contribution in [-0.4, -0.2) is 25.4 Å². The number of hydrogen-bond acceptors (Lipinski definition) is 3. The molecule has 0 unspecified atom stereocenters. The van der Waals surface area contributed by atoms with Crippen LogP contribution < -0.4 is 0 Å². The molecule has 4 heteroatoms. The number of nitrogens with zero attached hydrogens (tertiary/aromatic N) is 1. The van der Waals surface area contributed by atoms with Crippen molar-refractivity contribution >= 4 is 15.5 Å². The summed E-state index contributed by atoms with van der Waals surface area (Å²) in [6.45, 7) is 4.09. The van der Waals surface area contributed by atoms with Gasteiger partial charge in [0, 0.05) is 5.56 Å². The van der Waals surface area contributed by atoms with Crippen LogP contribution in [-0.2, 0) is 9.84 Å². The normalized spacial score (nSPS) is 22.5. The third-order valence-electron chi connectivity index (χ3n) is 5.20. The molecule has 3 nitrogen and oxygen atoms in total. The molecule has 1 aromatic rings. The van der Waals surface area contributed by atoms with Gasteiger partial charge in [-0.25, -0.2) is 8.42 Å². The summed E-state index contributed by atoms with van der Waals surface area (Å²) in [7, 11) is -3.32. The highest BCUT2D eigenvalue weighted by Crippen LogP contribution is 2.35. The van der Waals surface area contributed by atoms with Gasteiger partial charge in [-0.15, -0.1) is 0 Å². The maximum Gasteiger partial charge on any atom is 0.181 e. The van der Waals surface area contributed by atoms with E-state index in [9.17, 15) is 8.42 Å². The molecule has 3 rings (SSSR count). The first kappa shape index (κ1) is 16.4. The third kappa shape index (κ3) is 3.01. The molecule has 23 heavy (non-hydrogen) atoms. The van der Waals surface area contributed by atoms with Crippen molar-refractivity contribution in [3.63, 3.8) is 0 Å². The minimum absolute atomic E-state index is 0.112. The molecule has 0 amide bonds. The van der Waals surface area contributed by atoms with Gasteiger partial charge in [-0.1, -0.05) is 38.1 Å². The van der Waals surface area contributed by atoms with Gasteiger partial charge in [0.05, 0.1) is 21.9 Å². The minimum Gasteiger partial charge on any atom is -0.277 e. The number of rotatable bonds is 3. The van der Waals surface area contributed by atoms with Crippen LogP contribution in [0.25, 0.3) is 0 Å². The van der Waals surface area contributed by atoms with Crippen molar-refractivity contribution in [3.8, 4) is 0 Å². The molecule has 1 aliphatic carbocycles. The van der Waals surface area contributed by atoms with Gasteiger partial charge >= 0.3 is 0 Å². The molecule has 2 aliphatic rings. The minimum atomic E-state index is -3.32. The first-order valence-corrected chi connectivity index (χ1v) is 10.3. The van der Waals surface area contributed by atoms with Crippen molar-refractivity contribution in [1.82, 2.24) is 0 Å². The number of benzene rings is 1. The van der Waals surface area contributed by atoms with Gasteiger partial charge in [0.15, 0.2) is 9.84 Å². The van der Waals surface area contributed by atoms with Crippen molar-refractivity contribution in [2.45, 2.75) is 62.8 Å². The molecule has 0 N–H and O–H groups in total. The van der Waals surface area contributed by atoms with Crippen molar-refractivity contribution in [2.24, 2.45) is 4.99 Å². The lowest BCUT2D eigenvalue weighted by atomic mass is 9.90. The molecule has 0 saturated carbocycles. The second kappa shape index (κ2) is 6.23. The summed E-state index contributed by atoms with van der Waals surface area (Å²) < 4.78 is 25.9. The van der Waals surface area contributed by atoms with E-state index in [1.165, 1.54) is 12.0 Å². The second-order valence-electron chi connectivity index (χ2n) is 6.62. The first-order valence-electron chi connectivity index (χ1n) is 8.63. The average Bonchev–Trinajstić information content (AvgIpc) is 2.69. The number of sulfone groups is 1. The Hall–Kier alpha value is -1.42. The van der Waals surface area contributed by atoms with Gasteiger partial charge in [-0.05, 0) is 50.2 Å². The standard InChI is InChI=1S/C19H25NO2S/c1-3-19(4-2)14-23(21,22)17-13-9-8-12-16(17)18(20-19)15-10-6-5-7-11-15/h8-10,12-13H,3-7,11,14H2,1-2H3. The Balaban J connectivity index is 2.27. The van der Waals surface area contributed by atoms with Gasteiger partial charge in [-0.2, -0.15) is 0 Å². The quantitative estimate of drug-likeness (QED) is 0.828. The van der Waals surface area contributed by atoms with Crippen LogP contribution in [0.4, 0.5) is 0 Å². The van der Waals surface area contributed by atoms with Crippen LogP contribution in [0.1, 0.15) is 57.9 Å². The van der Waals surface area contributed by atoms with Gasteiger partial charge < -0.3 is 0 Å². The van der Waals surface area contributed by atoms with Crippen LogP contribution >= 0.6 is 0 Å². The van der Waals surface area contributed by atoms with E-state index in [0.717, 1.165) is 43.4 Å². The zero-order valence-electron chi connectivity index (χ0n) is 14.0. The van der Waals surface area contributed by atoms with Crippen molar-refractivity contribution in [3.05, 3.63) is 41.5 Å². The monoisotopic (exact) mass is 331 g/mol. The van der Waals surface area contributed by atoms with E-state index in [-0.39, 0.29) is 5.75 Å². The van der Waals surface area contributed by atoms with Crippen LogP contribution in [0.2, 0.25) is 0 Å². The maximum absolute atomic E-state index is 13.0. The molecular formula is C19H25NO2S. The fraction of sp³-hybridized carbons (Fsp3) is 0.526. The highest BCUT2D eigenvalue weighted by molar-refractivity contribution is 7.91. The summed E-state index contributed by atoms with van der Waals surface area (Å²) in [5, 5.41) is 0. The molecule has 0 bridgehead atoms. The largest absolute Gasteiger partial charge is 0.277 e. The molecule has 0 spiro atoms. The van der Waals surface area contributed by atoms with E-state index in [2.05, 4.69) is 6.08 Å². The molecule has 1 aromatic carbocycles. The number of aliphatic imine (C=N–C) groups is 1. The molecule has 1 heterocycles. The lowest BCUT2D eigenvalue weighted by Crippen LogP contribution is -2.33.